The van der Waals surface area contributed by atoms with Crippen molar-refractivity contribution in [2.75, 3.05) is 26.1 Å². The molecule has 1 aromatic carbocycles. The molecule has 1 aromatic rings. The first-order valence-corrected chi connectivity index (χ1v) is 5.53. The van der Waals surface area contributed by atoms with E-state index in [-0.39, 0.29) is 5.60 Å². The summed E-state index contributed by atoms with van der Waals surface area (Å²) in [6.45, 7) is 4.78. The summed E-state index contributed by atoms with van der Waals surface area (Å²) in [5, 5.41) is 3.07. The molecule has 0 saturated heterocycles. The van der Waals surface area contributed by atoms with Gasteiger partial charge in [0.1, 0.15) is 5.75 Å². The normalized spacial score (nSPS) is 11.2. The zero-order valence-electron chi connectivity index (χ0n) is 10.5. The Balaban J connectivity index is 2.37. The van der Waals surface area contributed by atoms with Crippen molar-refractivity contribution in [3.63, 3.8) is 0 Å². The maximum Gasteiger partial charge on any atom is 0.119 e. The molecule has 0 fully saturated rings. The van der Waals surface area contributed by atoms with E-state index in [2.05, 4.69) is 19.2 Å². The van der Waals surface area contributed by atoms with Crippen molar-refractivity contribution < 1.29 is 9.47 Å². The second-order valence-corrected chi connectivity index (χ2v) is 4.34. The van der Waals surface area contributed by atoms with E-state index in [0.717, 1.165) is 17.9 Å². The molecule has 0 amide bonds. The van der Waals surface area contributed by atoms with E-state index in [1.165, 1.54) is 0 Å². The number of hydrogen-bond acceptors (Lipinski definition) is 3. The van der Waals surface area contributed by atoms with Crippen LogP contribution in [-0.4, -0.2) is 26.4 Å². The summed E-state index contributed by atoms with van der Waals surface area (Å²) in [5.41, 5.74) is 0.967. The number of hydrogen-bond donors (Lipinski definition) is 1. The first kappa shape index (κ1) is 12.8. The Labute approximate surface area is 97.8 Å². The highest BCUT2D eigenvalue weighted by Gasteiger charge is 2.15. The van der Waals surface area contributed by atoms with Gasteiger partial charge in [-0.15, -0.1) is 0 Å². The molecule has 16 heavy (non-hydrogen) atoms. The Morgan fingerprint density at radius 2 is 1.81 bits per heavy atom. The highest BCUT2D eigenvalue weighted by Crippen LogP contribution is 2.17. The van der Waals surface area contributed by atoms with Crippen LogP contribution in [-0.2, 0) is 4.74 Å². The molecule has 0 radical (unpaired) electrons. The fraction of sp³-hybridized carbons (Fsp3) is 0.538. The Morgan fingerprint density at radius 1 is 1.19 bits per heavy atom. The Bertz CT molecular complexity index is 306. The van der Waals surface area contributed by atoms with Crippen LogP contribution in [0, 0.1) is 0 Å². The van der Waals surface area contributed by atoms with E-state index < -0.39 is 0 Å². The number of benzene rings is 1. The lowest BCUT2D eigenvalue weighted by molar-refractivity contribution is 0.00546. The Morgan fingerprint density at radius 3 is 2.31 bits per heavy atom. The predicted octanol–water partition coefficient (Wildman–Crippen LogP) is 2.92. The lowest BCUT2D eigenvalue weighted by Crippen LogP contribution is -2.25. The van der Waals surface area contributed by atoms with Crippen LogP contribution in [0.5, 0.6) is 5.75 Å². The zero-order valence-corrected chi connectivity index (χ0v) is 10.5. The molecule has 0 aromatic heterocycles. The first-order chi connectivity index (χ1) is 7.57. The quantitative estimate of drug-likeness (QED) is 0.804. The third-order valence-corrected chi connectivity index (χ3v) is 2.67. The number of methoxy groups -OCH3 is 1. The molecule has 0 spiro atoms. The van der Waals surface area contributed by atoms with Crippen LogP contribution in [0.3, 0.4) is 0 Å². The standard InChI is InChI=1S/C13H21NO2/c1-13(2,15-4)9-10-16-12-7-5-11(14-3)6-8-12/h5-8,14H,9-10H2,1-4H3. The lowest BCUT2D eigenvalue weighted by Gasteiger charge is -2.22. The van der Waals surface area contributed by atoms with Crippen LogP contribution in [0.25, 0.3) is 0 Å². The smallest absolute Gasteiger partial charge is 0.119 e. The van der Waals surface area contributed by atoms with Crippen LogP contribution in [0.4, 0.5) is 5.69 Å². The van der Waals surface area contributed by atoms with Crippen LogP contribution in [0.1, 0.15) is 20.3 Å². The topological polar surface area (TPSA) is 30.5 Å². The van der Waals surface area contributed by atoms with Crippen molar-refractivity contribution in [2.24, 2.45) is 0 Å². The largest absolute Gasteiger partial charge is 0.493 e. The summed E-state index contributed by atoms with van der Waals surface area (Å²) in [5.74, 6) is 0.894. The number of nitrogens with one attached hydrogen (secondary N) is 1. The number of anilines is 1. The van der Waals surface area contributed by atoms with Crippen LogP contribution in [0.15, 0.2) is 24.3 Å². The Kier molecular flexibility index (Phi) is 4.62. The predicted molar refractivity (Wildman–Crippen MR) is 67.2 cm³/mol. The van der Waals surface area contributed by atoms with Crippen LogP contribution < -0.4 is 10.1 Å². The second-order valence-electron chi connectivity index (χ2n) is 4.34. The molecule has 0 aliphatic carbocycles. The first-order valence-electron chi connectivity index (χ1n) is 5.53. The molecule has 1 N–H and O–H groups in total. The minimum atomic E-state index is -0.120. The van der Waals surface area contributed by atoms with Gasteiger partial charge in [-0.05, 0) is 38.1 Å². The molecule has 90 valence electrons. The molecule has 1 rings (SSSR count). The van der Waals surface area contributed by atoms with E-state index in [9.17, 15) is 0 Å². The van der Waals surface area contributed by atoms with Crippen molar-refractivity contribution in [1.29, 1.82) is 0 Å². The van der Waals surface area contributed by atoms with E-state index in [4.69, 9.17) is 9.47 Å². The van der Waals surface area contributed by atoms with E-state index in [1.54, 1.807) is 7.11 Å². The summed E-state index contributed by atoms with van der Waals surface area (Å²) in [4.78, 5) is 0. The highest BCUT2D eigenvalue weighted by atomic mass is 16.5. The maximum atomic E-state index is 5.64. The summed E-state index contributed by atoms with van der Waals surface area (Å²) < 4.78 is 11.0. The van der Waals surface area contributed by atoms with Gasteiger partial charge in [-0.1, -0.05) is 0 Å². The average Bonchev–Trinajstić information content (AvgIpc) is 2.30. The minimum absolute atomic E-state index is 0.120. The molecule has 0 aliphatic rings. The van der Waals surface area contributed by atoms with Gasteiger partial charge in [0.15, 0.2) is 0 Å². The minimum Gasteiger partial charge on any atom is -0.493 e. The lowest BCUT2D eigenvalue weighted by atomic mass is 10.1. The second kappa shape index (κ2) is 5.75. The van der Waals surface area contributed by atoms with Gasteiger partial charge in [0.2, 0.25) is 0 Å². The maximum absolute atomic E-state index is 5.64. The molecule has 0 unspecified atom stereocenters. The zero-order chi connectivity index (χ0) is 12.0. The molecule has 0 heterocycles. The van der Waals surface area contributed by atoms with Gasteiger partial charge >= 0.3 is 0 Å². The third-order valence-electron chi connectivity index (χ3n) is 2.67. The van der Waals surface area contributed by atoms with Gasteiger partial charge in [0, 0.05) is 26.3 Å². The van der Waals surface area contributed by atoms with Gasteiger partial charge in [0.25, 0.3) is 0 Å². The molecule has 3 nitrogen and oxygen atoms in total. The van der Waals surface area contributed by atoms with E-state index in [0.29, 0.717) is 6.61 Å². The van der Waals surface area contributed by atoms with Crippen molar-refractivity contribution in [1.82, 2.24) is 0 Å². The molecule has 0 saturated carbocycles. The summed E-state index contributed by atoms with van der Waals surface area (Å²) in [6.07, 6.45) is 0.872. The van der Waals surface area contributed by atoms with E-state index in [1.807, 2.05) is 31.3 Å². The van der Waals surface area contributed by atoms with Gasteiger partial charge in [-0.3, -0.25) is 0 Å². The fourth-order valence-electron chi connectivity index (χ4n) is 1.23. The van der Waals surface area contributed by atoms with Gasteiger partial charge in [-0.25, -0.2) is 0 Å². The van der Waals surface area contributed by atoms with Gasteiger partial charge < -0.3 is 14.8 Å². The molecular formula is C13H21NO2. The molecule has 3 heteroatoms. The number of ether oxygens (including phenoxy) is 2. The van der Waals surface area contributed by atoms with Gasteiger partial charge in [-0.2, -0.15) is 0 Å². The van der Waals surface area contributed by atoms with Crippen molar-refractivity contribution in [3.8, 4) is 5.75 Å². The summed E-state index contributed by atoms with van der Waals surface area (Å²) >= 11 is 0. The monoisotopic (exact) mass is 223 g/mol. The van der Waals surface area contributed by atoms with Crippen molar-refractivity contribution in [2.45, 2.75) is 25.9 Å². The van der Waals surface area contributed by atoms with Crippen molar-refractivity contribution >= 4 is 5.69 Å². The van der Waals surface area contributed by atoms with Crippen LogP contribution >= 0.6 is 0 Å². The molecule has 0 aliphatic heterocycles. The van der Waals surface area contributed by atoms with E-state index >= 15 is 0 Å². The molecule has 0 atom stereocenters. The van der Waals surface area contributed by atoms with Crippen LogP contribution in [0.2, 0.25) is 0 Å². The highest BCUT2D eigenvalue weighted by molar-refractivity contribution is 5.45. The molecule has 0 bridgehead atoms. The van der Waals surface area contributed by atoms with Gasteiger partial charge in [0.05, 0.1) is 12.2 Å². The number of rotatable bonds is 6. The summed E-state index contributed by atoms with van der Waals surface area (Å²) in [6, 6.07) is 7.92. The SMILES string of the molecule is CNc1ccc(OCCC(C)(C)OC)cc1. The Hall–Kier alpha value is -1.22. The third kappa shape index (κ3) is 4.11. The molecular weight excluding hydrogens is 202 g/mol. The average molecular weight is 223 g/mol. The summed E-state index contributed by atoms with van der Waals surface area (Å²) in [7, 11) is 3.62. The fourth-order valence-corrected chi connectivity index (χ4v) is 1.23. The van der Waals surface area contributed by atoms with Crippen molar-refractivity contribution in [3.05, 3.63) is 24.3 Å².